The molecule has 0 saturated carbocycles. The maximum Gasteiger partial charge on any atom is 0.307 e. The fourth-order valence-electron chi connectivity index (χ4n) is 3.08. The number of rotatable bonds is 6. The fraction of sp³-hybridized carbons (Fsp3) is 0.0909. The molecule has 2 amide bonds. The van der Waals surface area contributed by atoms with Crippen LogP contribution in [0.2, 0.25) is 0 Å². The monoisotopic (exact) mass is 604 g/mol. The molecule has 1 aromatic heterocycles. The molecule has 2 N–H and O–H groups in total. The molecule has 3 heterocycles. The van der Waals surface area contributed by atoms with E-state index in [0.29, 0.717) is 43.1 Å². The zero-order valence-electron chi connectivity index (χ0n) is 17.5. The van der Waals surface area contributed by atoms with Crippen LogP contribution in [-0.2, 0) is 0 Å². The first-order valence-electron chi connectivity index (χ1n) is 9.93. The van der Waals surface area contributed by atoms with Gasteiger partial charge in [0, 0.05) is 20.1 Å². The normalized spacial score (nSPS) is 13.5. The molecule has 3 aromatic rings. The minimum Gasteiger partial charge on any atom is -0.454 e. The molecule has 0 bridgehead atoms. The highest BCUT2D eigenvalue weighted by atomic mass is 79.9. The number of hydrogen-bond donors (Lipinski definition) is 2. The number of hydrogen-bond acceptors (Lipinski definition) is 9. The second kappa shape index (κ2) is 9.80. The van der Waals surface area contributed by atoms with Crippen LogP contribution in [0.3, 0.4) is 0 Å². The van der Waals surface area contributed by atoms with E-state index in [1.54, 1.807) is 24.3 Å². The molecule has 0 radical (unpaired) electrons. The van der Waals surface area contributed by atoms with Crippen LogP contribution in [-0.4, -0.2) is 37.8 Å². The van der Waals surface area contributed by atoms with Crippen LogP contribution in [0, 0.1) is 0 Å². The number of nitrogens with zero attached hydrogens (tertiary/aromatic N) is 2. The van der Waals surface area contributed by atoms with Crippen molar-refractivity contribution in [3.05, 3.63) is 68.0 Å². The van der Waals surface area contributed by atoms with Crippen LogP contribution in [0.5, 0.6) is 23.0 Å². The largest absolute Gasteiger partial charge is 0.454 e. The van der Waals surface area contributed by atoms with E-state index >= 15 is 0 Å². The molecular formula is C22H14Br2N4O7. The first-order chi connectivity index (χ1) is 17.0. The molecule has 35 heavy (non-hydrogen) atoms. The Morgan fingerprint density at radius 2 is 1.11 bits per heavy atom. The van der Waals surface area contributed by atoms with E-state index in [1.165, 1.54) is 24.6 Å². The summed E-state index contributed by atoms with van der Waals surface area (Å²) in [7, 11) is 0. The third kappa shape index (κ3) is 5.00. The SMILES string of the molecule is O=C(N/N=C\c1cc2c(cc1Br)OCO2)c1ccc(C(=O)N/N=C\c2cc3c(cc2Br)OCO3)o1. The number of nitrogens with one attached hydrogen (secondary N) is 2. The Hall–Kier alpha value is -3.84. The Kier molecular flexibility index (Phi) is 6.42. The number of ether oxygens (including phenoxy) is 4. The minimum absolute atomic E-state index is 0.0976. The van der Waals surface area contributed by atoms with Gasteiger partial charge < -0.3 is 23.4 Å². The highest BCUT2D eigenvalue weighted by Gasteiger charge is 2.18. The minimum atomic E-state index is -0.634. The quantitative estimate of drug-likeness (QED) is 0.323. The van der Waals surface area contributed by atoms with Crippen LogP contribution < -0.4 is 29.8 Å². The van der Waals surface area contributed by atoms with Gasteiger partial charge in [0.05, 0.1) is 12.4 Å². The predicted octanol–water partition coefficient (Wildman–Crippen LogP) is 3.79. The Morgan fingerprint density at radius 3 is 1.54 bits per heavy atom. The molecule has 11 nitrogen and oxygen atoms in total. The molecule has 178 valence electrons. The van der Waals surface area contributed by atoms with Gasteiger partial charge in [0.1, 0.15) is 0 Å². The van der Waals surface area contributed by atoms with Gasteiger partial charge in [0.25, 0.3) is 0 Å². The summed E-state index contributed by atoms with van der Waals surface area (Å²) in [5.41, 5.74) is 6.02. The van der Waals surface area contributed by atoms with Crippen LogP contribution in [0.4, 0.5) is 0 Å². The van der Waals surface area contributed by atoms with E-state index in [2.05, 4.69) is 52.9 Å². The average molecular weight is 606 g/mol. The van der Waals surface area contributed by atoms with Crippen LogP contribution >= 0.6 is 31.9 Å². The molecule has 0 aliphatic carbocycles. The van der Waals surface area contributed by atoms with Crippen molar-refractivity contribution in [3.63, 3.8) is 0 Å². The number of halogens is 2. The molecule has 0 unspecified atom stereocenters. The van der Waals surface area contributed by atoms with Gasteiger partial charge in [-0.3, -0.25) is 9.59 Å². The van der Waals surface area contributed by atoms with E-state index in [1.807, 2.05) is 0 Å². The van der Waals surface area contributed by atoms with E-state index in [0.717, 1.165) is 0 Å². The van der Waals surface area contributed by atoms with Gasteiger partial charge >= 0.3 is 11.8 Å². The van der Waals surface area contributed by atoms with Crippen molar-refractivity contribution >= 4 is 56.1 Å². The molecule has 0 saturated heterocycles. The Labute approximate surface area is 214 Å². The lowest BCUT2D eigenvalue weighted by Gasteiger charge is -2.02. The smallest absolute Gasteiger partial charge is 0.307 e. The Morgan fingerprint density at radius 1 is 0.714 bits per heavy atom. The lowest BCUT2D eigenvalue weighted by Crippen LogP contribution is -2.18. The molecule has 2 aliphatic rings. The highest BCUT2D eigenvalue weighted by molar-refractivity contribution is 9.10. The van der Waals surface area contributed by atoms with Crippen LogP contribution in [0.25, 0.3) is 0 Å². The Balaban J connectivity index is 1.17. The zero-order valence-corrected chi connectivity index (χ0v) is 20.7. The van der Waals surface area contributed by atoms with E-state index < -0.39 is 11.8 Å². The van der Waals surface area contributed by atoms with Gasteiger partial charge in [0.2, 0.25) is 13.6 Å². The number of amides is 2. The first kappa shape index (κ1) is 22.9. The number of furan rings is 1. The predicted molar refractivity (Wildman–Crippen MR) is 129 cm³/mol. The second-order valence-corrected chi connectivity index (χ2v) is 8.72. The van der Waals surface area contributed by atoms with Crippen molar-refractivity contribution in [3.8, 4) is 23.0 Å². The zero-order chi connectivity index (χ0) is 24.4. The van der Waals surface area contributed by atoms with Gasteiger partial charge in [-0.05, 0) is 68.3 Å². The summed E-state index contributed by atoms with van der Waals surface area (Å²) in [6.07, 6.45) is 2.87. The highest BCUT2D eigenvalue weighted by Crippen LogP contribution is 2.37. The summed E-state index contributed by atoms with van der Waals surface area (Å²) in [4.78, 5) is 24.6. The van der Waals surface area contributed by atoms with Crippen molar-refractivity contribution in [2.24, 2.45) is 10.2 Å². The van der Waals surface area contributed by atoms with E-state index in [9.17, 15) is 9.59 Å². The summed E-state index contributed by atoms with van der Waals surface area (Å²) < 4.78 is 28.0. The van der Waals surface area contributed by atoms with Gasteiger partial charge in [-0.1, -0.05) is 0 Å². The van der Waals surface area contributed by atoms with Crippen LogP contribution in [0.1, 0.15) is 32.2 Å². The van der Waals surface area contributed by atoms with E-state index in [-0.39, 0.29) is 25.1 Å². The third-order valence-corrected chi connectivity index (χ3v) is 6.15. The fourth-order valence-corrected chi connectivity index (χ4v) is 3.93. The number of carbonyl (C=O) groups is 2. The van der Waals surface area contributed by atoms with Gasteiger partial charge in [-0.2, -0.15) is 10.2 Å². The lowest BCUT2D eigenvalue weighted by molar-refractivity contribution is 0.0902. The third-order valence-electron chi connectivity index (χ3n) is 4.78. The first-order valence-corrected chi connectivity index (χ1v) is 11.5. The standard InChI is InChI=1S/C22H14Br2N4O7/c23-13-5-19-17(31-9-33-19)3-11(13)7-25-27-21(29)15-1-2-16(35-15)22(30)28-26-8-12-4-18-20(6-14(12)24)34-10-32-18/h1-8H,9-10H2,(H,27,29)(H,28,30)/b25-7-,26-8-. The molecule has 0 atom stereocenters. The average Bonchev–Trinajstić information content (AvgIpc) is 3.59. The molecule has 0 spiro atoms. The molecular weight excluding hydrogens is 592 g/mol. The van der Waals surface area contributed by atoms with Crippen molar-refractivity contribution in [1.82, 2.24) is 10.9 Å². The summed E-state index contributed by atoms with van der Waals surface area (Å²) in [6, 6.07) is 9.65. The van der Waals surface area contributed by atoms with Crippen molar-refractivity contribution in [2.75, 3.05) is 13.6 Å². The van der Waals surface area contributed by atoms with Gasteiger partial charge in [-0.15, -0.1) is 0 Å². The molecule has 5 rings (SSSR count). The molecule has 0 fully saturated rings. The summed E-state index contributed by atoms with van der Waals surface area (Å²) in [6.45, 7) is 0.295. The second-order valence-electron chi connectivity index (χ2n) is 7.02. The summed E-state index contributed by atoms with van der Waals surface area (Å²) >= 11 is 6.81. The molecule has 2 aliphatic heterocycles. The summed E-state index contributed by atoms with van der Waals surface area (Å²) in [5, 5.41) is 7.83. The van der Waals surface area contributed by atoms with Crippen molar-refractivity contribution < 1.29 is 33.0 Å². The Bertz CT molecular complexity index is 1280. The topological polar surface area (TPSA) is 133 Å². The van der Waals surface area contributed by atoms with Crippen molar-refractivity contribution in [2.45, 2.75) is 0 Å². The van der Waals surface area contributed by atoms with Crippen molar-refractivity contribution in [1.29, 1.82) is 0 Å². The maximum atomic E-state index is 12.3. The number of fused-ring (bicyclic) bond motifs is 2. The number of hydrazone groups is 2. The number of carbonyl (C=O) groups excluding carboxylic acids is 2. The summed E-state index contributed by atoms with van der Waals surface area (Å²) in [5.74, 6) is 0.932. The lowest BCUT2D eigenvalue weighted by atomic mass is 10.2. The molecule has 2 aromatic carbocycles. The number of benzene rings is 2. The van der Waals surface area contributed by atoms with Gasteiger partial charge in [0.15, 0.2) is 34.5 Å². The van der Waals surface area contributed by atoms with E-state index in [4.69, 9.17) is 23.4 Å². The van der Waals surface area contributed by atoms with Crippen LogP contribution in [0.15, 0.2) is 60.0 Å². The molecule has 13 heteroatoms. The van der Waals surface area contributed by atoms with Gasteiger partial charge in [-0.25, -0.2) is 10.9 Å². The maximum absolute atomic E-state index is 12.3.